The van der Waals surface area contributed by atoms with Gasteiger partial charge in [0.2, 0.25) is 0 Å². The number of carbonyl (C=O) groups excluding carboxylic acids is 1. The van der Waals surface area contributed by atoms with Crippen molar-refractivity contribution in [1.29, 1.82) is 5.26 Å². The highest BCUT2D eigenvalue weighted by Crippen LogP contribution is 2.32. The maximum Gasteiger partial charge on any atom is 0.273 e. The summed E-state index contributed by atoms with van der Waals surface area (Å²) >= 11 is 0. The predicted molar refractivity (Wildman–Crippen MR) is 122 cm³/mol. The van der Waals surface area contributed by atoms with Crippen molar-refractivity contribution in [3.05, 3.63) is 86.7 Å². The molecule has 3 aromatic rings. The molecule has 8 nitrogen and oxygen atoms in total. The number of carbonyl (C=O) groups is 1. The summed E-state index contributed by atoms with van der Waals surface area (Å²) in [5.41, 5.74) is 4.36. The minimum Gasteiger partial charge on any atom is -0.494 e. The van der Waals surface area contributed by atoms with Crippen LogP contribution in [0.4, 0.5) is 11.4 Å². The van der Waals surface area contributed by atoms with Crippen LogP contribution < -0.4 is 10.1 Å². The van der Waals surface area contributed by atoms with E-state index >= 15 is 0 Å². The van der Waals surface area contributed by atoms with Gasteiger partial charge in [-0.25, -0.2) is 0 Å². The Morgan fingerprint density at radius 2 is 1.94 bits per heavy atom. The quantitative estimate of drug-likeness (QED) is 0.260. The second-order valence-electron chi connectivity index (χ2n) is 7.27. The van der Waals surface area contributed by atoms with E-state index in [-0.39, 0.29) is 11.3 Å². The number of hydrogen-bond acceptors (Lipinski definition) is 5. The van der Waals surface area contributed by atoms with Crippen molar-refractivity contribution in [2.45, 2.75) is 20.8 Å². The lowest BCUT2D eigenvalue weighted by Gasteiger charge is -2.14. The van der Waals surface area contributed by atoms with Gasteiger partial charge in [-0.15, -0.1) is 0 Å². The number of non-ortho nitro benzene ring substituents is 1. The molecule has 0 aliphatic rings. The molecule has 0 spiro atoms. The van der Waals surface area contributed by atoms with Gasteiger partial charge in [0.15, 0.2) is 0 Å². The second-order valence-corrected chi connectivity index (χ2v) is 7.27. The van der Waals surface area contributed by atoms with E-state index in [2.05, 4.69) is 5.32 Å². The highest BCUT2D eigenvalue weighted by atomic mass is 16.6. The number of rotatable bonds is 6. The lowest BCUT2D eigenvalue weighted by Crippen LogP contribution is -2.13. The maximum absolute atomic E-state index is 12.6. The summed E-state index contributed by atoms with van der Waals surface area (Å²) in [7, 11) is 1.45. The molecule has 1 N–H and O–H groups in total. The maximum atomic E-state index is 12.6. The number of hydrogen-bond donors (Lipinski definition) is 1. The average Bonchev–Trinajstić information content (AvgIpc) is 3.04. The lowest BCUT2D eigenvalue weighted by molar-refractivity contribution is -0.384. The highest BCUT2D eigenvalue weighted by molar-refractivity contribution is 6.09. The number of nitro groups is 1. The number of ether oxygens (including phenoxy) is 1. The first-order chi connectivity index (χ1) is 15.2. The van der Waals surface area contributed by atoms with Crippen molar-refractivity contribution in [1.82, 2.24) is 4.57 Å². The normalized spacial score (nSPS) is 11.0. The summed E-state index contributed by atoms with van der Waals surface area (Å²) in [4.78, 5) is 23.2. The Balaban J connectivity index is 1.99. The van der Waals surface area contributed by atoms with E-state index < -0.39 is 10.8 Å². The van der Waals surface area contributed by atoms with Crippen LogP contribution in [-0.4, -0.2) is 22.5 Å². The van der Waals surface area contributed by atoms with Crippen molar-refractivity contribution in [3.63, 3.8) is 0 Å². The molecule has 0 radical (unpaired) electrons. The first kappa shape index (κ1) is 22.3. The molecule has 0 atom stereocenters. The van der Waals surface area contributed by atoms with Gasteiger partial charge in [-0.3, -0.25) is 14.9 Å². The molecule has 3 rings (SSSR count). The average molecular weight is 430 g/mol. The van der Waals surface area contributed by atoms with Gasteiger partial charge in [-0.2, -0.15) is 5.26 Å². The molecule has 0 saturated heterocycles. The standard InChI is InChI=1S/C24H22N4O4/c1-15-6-5-7-20(10-15)26-24(29)19(14-25)12-18-11-16(2)27(17(18)3)22-9-8-21(28(30)31)13-23(22)32-4/h5-13H,1-4H3,(H,26,29)/b19-12-. The molecule has 0 fully saturated rings. The third kappa shape index (κ3) is 4.52. The SMILES string of the molecule is COc1cc([N+](=O)[O-])ccc1-n1c(C)cc(/C=C(/C#N)C(=O)Nc2cccc(C)c2)c1C. The van der Waals surface area contributed by atoms with E-state index in [1.807, 2.05) is 55.7 Å². The molecule has 0 bridgehead atoms. The first-order valence-electron chi connectivity index (χ1n) is 9.76. The number of aryl methyl sites for hydroxylation is 2. The van der Waals surface area contributed by atoms with Crippen LogP contribution in [0.2, 0.25) is 0 Å². The molecule has 0 saturated carbocycles. The fourth-order valence-corrected chi connectivity index (χ4v) is 3.49. The summed E-state index contributed by atoms with van der Waals surface area (Å²) in [6.07, 6.45) is 1.53. The number of nitrogens with one attached hydrogen (secondary N) is 1. The van der Waals surface area contributed by atoms with E-state index in [1.54, 1.807) is 12.1 Å². The fourth-order valence-electron chi connectivity index (χ4n) is 3.49. The second kappa shape index (κ2) is 9.18. The Morgan fingerprint density at radius 1 is 1.19 bits per heavy atom. The van der Waals surface area contributed by atoms with Crippen LogP contribution in [0.5, 0.6) is 5.75 Å². The zero-order chi connectivity index (χ0) is 23.4. The van der Waals surface area contributed by atoms with Gasteiger partial charge in [0.25, 0.3) is 11.6 Å². The van der Waals surface area contributed by atoms with E-state index in [4.69, 9.17) is 4.74 Å². The van der Waals surface area contributed by atoms with E-state index in [0.29, 0.717) is 22.7 Å². The van der Waals surface area contributed by atoms with Crippen molar-refractivity contribution in [2.24, 2.45) is 0 Å². The number of nitro benzene ring substituents is 1. The number of methoxy groups -OCH3 is 1. The Bertz CT molecular complexity index is 1280. The van der Waals surface area contributed by atoms with Crippen molar-refractivity contribution in [3.8, 4) is 17.5 Å². The molecular weight excluding hydrogens is 408 g/mol. The van der Waals surface area contributed by atoms with Crippen LogP contribution in [0.3, 0.4) is 0 Å². The molecule has 8 heteroatoms. The van der Waals surface area contributed by atoms with Gasteiger partial charge in [-0.05, 0) is 62.2 Å². The number of nitrogens with zero attached hydrogens (tertiary/aromatic N) is 3. The fraction of sp³-hybridized carbons (Fsp3) is 0.167. The van der Waals surface area contributed by atoms with Gasteiger partial charge in [0, 0.05) is 23.1 Å². The Hall–Kier alpha value is -4.38. The van der Waals surface area contributed by atoms with Gasteiger partial charge >= 0.3 is 0 Å². The van der Waals surface area contributed by atoms with Gasteiger partial charge in [-0.1, -0.05) is 12.1 Å². The molecule has 0 unspecified atom stereocenters. The molecule has 0 aliphatic heterocycles. The molecule has 1 aromatic heterocycles. The van der Waals surface area contributed by atoms with Crippen LogP contribution in [0.15, 0.2) is 54.1 Å². The van der Waals surface area contributed by atoms with Crippen molar-refractivity contribution in [2.75, 3.05) is 12.4 Å². The zero-order valence-electron chi connectivity index (χ0n) is 18.2. The van der Waals surface area contributed by atoms with Crippen LogP contribution in [0, 0.1) is 42.2 Å². The number of aromatic nitrogens is 1. The van der Waals surface area contributed by atoms with Gasteiger partial charge in [0.1, 0.15) is 17.4 Å². The molecular formula is C24H22N4O4. The van der Waals surface area contributed by atoms with Crippen LogP contribution >= 0.6 is 0 Å². The lowest BCUT2D eigenvalue weighted by atomic mass is 10.1. The van der Waals surface area contributed by atoms with Crippen LogP contribution in [-0.2, 0) is 4.79 Å². The summed E-state index contributed by atoms with van der Waals surface area (Å²) in [5.74, 6) is -0.162. The Labute approximate surface area is 185 Å². The smallest absolute Gasteiger partial charge is 0.273 e. The highest BCUT2D eigenvalue weighted by Gasteiger charge is 2.18. The molecule has 1 heterocycles. The third-order valence-corrected chi connectivity index (χ3v) is 5.03. The number of benzene rings is 2. The molecule has 0 aliphatic carbocycles. The minimum absolute atomic E-state index is 0.0394. The minimum atomic E-state index is -0.504. The summed E-state index contributed by atoms with van der Waals surface area (Å²) in [6, 6.07) is 15.5. The largest absolute Gasteiger partial charge is 0.494 e. The van der Waals surface area contributed by atoms with Crippen molar-refractivity contribution >= 4 is 23.4 Å². The molecule has 32 heavy (non-hydrogen) atoms. The van der Waals surface area contributed by atoms with Crippen molar-refractivity contribution < 1.29 is 14.5 Å². The molecule has 162 valence electrons. The summed E-state index contributed by atoms with van der Waals surface area (Å²) in [6.45, 7) is 5.62. The Morgan fingerprint density at radius 3 is 2.56 bits per heavy atom. The van der Waals surface area contributed by atoms with Crippen LogP contribution in [0.25, 0.3) is 11.8 Å². The number of amides is 1. The van der Waals surface area contributed by atoms with Gasteiger partial charge < -0.3 is 14.6 Å². The van der Waals surface area contributed by atoms with E-state index in [0.717, 1.165) is 17.0 Å². The third-order valence-electron chi connectivity index (χ3n) is 5.03. The summed E-state index contributed by atoms with van der Waals surface area (Å²) < 4.78 is 7.23. The first-order valence-corrected chi connectivity index (χ1v) is 9.76. The number of anilines is 1. The molecule has 1 amide bonds. The molecule has 2 aromatic carbocycles. The zero-order valence-corrected chi connectivity index (χ0v) is 18.2. The van der Waals surface area contributed by atoms with E-state index in [1.165, 1.54) is 25.3 Å². The predicted octanol–water partition coefficient (Wildman–Crippen LogP) is 4.87. The Kier molecular flexibility index (Phi) is 6.40. The van der Waals surface area contributed by atoms with Gasteiger partial charge in [0.05, 0.1) is 23.8 Å². The summed E-state index contributed by atoms with van der Waals surface area (Å²) in [5, 5.41) is 23.4. The topological polar surface area (TPSA) is 110 Å². The van der Waals surface area contributed by atoms with E-state index in [9.17, 15) is 20.2 Å². The van der Waals surface area contributed by atoms with Crippen LogP contribution in [0.1, 0.15) is 22.5 Å². The monoisotopic (exact) mass is 430 g/mol. The number of nitriles is 1.